The number of rotatable bonds is 9. The second-order valence-electron chi connectivity index (χ2n) is 8.78. The molecule has 4 atom stereocenters. The van der Waals surface area contributed by atoms with Crippen LogP contribution in [0.25, 0.3) is 0 Å². The molecule has 1 aliphatic carbocycles. The van der Waals surface area contributed by atoms with Crippen LogP contribution in [0.4, 0.5) is 5.82 Å². The lowest BCUT2D eigenvalue weighted by Gasteiger charge is -2.22. The van der Waals surface area contributed by atoms with Gasteiger partial charge in [-0.05, 0) is 49.6 Å². The van der Waals surface area contributed by atoms with Gasteiger partial charge in [-0.3, -0.25) is 8.98 Å². The third-order valence-electron chi connectivity index (χ3n) is 6.10. The molecule has 0 saturated heterocycles. The Balaban J connectivity index is 1.50. The number of carbonyl (C=O) groups excluding carboxylic acids is 1. The second-order valence-corrected chi connectivity index (χ2v) is 11.5. The van der Waals surface area contributed by atoms with Crippen LogP contribution in [-0.4, -0.2) is 53.1 Å². The number of aliphatic hydroxyl groups is 2. The van der Waals surface area contributed by atoms with Gasteiger partial charge in [0.2, 0.25) is 5.78 Å². The zero-order valence-corrected chi connectivity index (χ0v) is 21.6. The predicted octanol–water partition coefficient (Wildman–Crippen LogP) is 2.45. The highest BCUT2D eigenvalue weighted by molar-refractivity contribution is 7.84. The van der Waals surface area contributed by atoms with E-state index >= 15 is 0 Å². The third kappa shape index (κ3) is 6.09. The molecule has 3 aromatic rings. The highest BCUT2D eigenvalue weighted by Gasteiger charge is 2.35. The van der Waals surface area contributed by atoms with Crippen LogP contribution in [0.3, 0.4) is 0 Å². The molecule has 0 amide bonds. The van der Waals surface area contributed by atoms with Crippen molar-refractivity contribution in [1.29, 1.82) is 0 Å². The van der Waals surface area contributed by atoms with Gasteiger partial charge in [-0.25, -0.2) is 15.1 Å². The maximum atomic E-state index is 13.4. The molecule has 2 unspecified atom stereocenters. The lowest BCUT2D eigenvalue weighted by molar-refractivity contribution is 0.101. The van der Waals surface area contributed by atoms with E-state index < -0.39 is 27.9 Å². The number of aromatic nitrogens is 2. The smallest absolute Gasteiger partial charge is 0.333 e. The van der Waals surface area contributed by atoms with E-state index in [0.29, 0.717) is 33.2 Å². The number of nitrogens with zero attached hydrogens (tertiary/aromatic N) is 2. The van der Waals surface area contributed by atoms with Gasteiger partial charge < -0.3 is 15.5 Å². The number of nitrogens with one attached hydrogen (secondary N) is 1. The minimum absolute atomic E-state index is 0.229. The number of benzene rings is 1. The first-order chi connectivity index (χ1) is 16.9. The van der Waals surface area contributed by atoms with Crippen molar-refractivity contribution in [3.05, 3.63) is 74.8 Å². The summed E-state index contributed by atoms with van der Waals surface area (Å²) in [5.41, 5.74) is -0.523. The van der Waals surface area contributed by atoms with Crippen molar-refractivity contribution < 1.29 is 27.6 Å². The minimum atomic E-state index is -4.11. The summed E-state index contributed by atoms with van der Waals surface area (Å²) < 4.78 is 26.8. The van der Waals surface area contributed by atoms with Gasteiger partial charge in [-0.15, -0.1) is 11.3 Å². The zero-order valence-electron chi connectivity index (χ0n) is 19.2. The average Bonchev–Trinajstić information content (AvgIpc) is 3.44. The molecule has 1 fully saturated rings. The Kier molecular flexibility index (Phi) is 7.76. The van der Waals surface area contributed by atoms with Crippen LogP contribution in [0.1, 0.15) is 45.4 Å². The molecule has 5 N–H and O–H groups in total. The van der Waals surface area contributed by atoms with Crippen molar-refractivity contribution in [1.82, 2.24) is 9.97 Å². The normalized spacial score (nSPS) is 21.8. The van der Waals surface area contributed by atoms with Crippen molar-refractivity contribution in [2.24, 2.45) is 11.1 Å². The van der Waals surface area contributed by atoms with Gasteiger partial charge in [0.1, 0.15) is 17.7 Å². The fourth-order valence-corrected chi connectivity index (χ4v) is 5.76. The van der Waals surface area contributed by atoms with Crippen molar-refractivity contribution in [3.63, 3.8) is 0 Å². The molecular weight excluding hydrogens is 528 g/mol. The van der Waals surface area contributed by atoms with Crippen LogP contribution in [0, 0.1) is 5.92 Å². The highest BCUT2D eigenvalue weighted by atomic mass is 35.5. The number of halogens is 1. The van der Waals surface area contributed by atoms with Crippen molar-refractivity contribution in [2.75, 3.05) is 11.9 Å². The maximum Gasteiger partial charge on any atom is 0.333 e. The molecule has 0 radical (unpaired) electrons. The number of thiophene rings is 1. The number of anilines is 1. The van der Waals surface area contributed by atoms with Crippen LogP contribution < -0.4 is 10.5 Å². The summed E-state index contributed by atoms with van der Waals surface area (Å²) in [5.74, 6) is -0.490. The molecular formula is C23H25ClN4O6S2. The van der Waals surface area contributed by atoms with Gasteiger partial charge in [0.05, 0.1) is 23.2 Å². The van der Waals surface area contributed by atoms with E-state index in [1.54, 1.807) is 43.3 Å². The summed E-state index contributed by atoms with van der Waals surface area (Å²) in [7, 11) is -4.11. The summed E-state index contributed by atoms with van der Waals surface area (Å²) in [6.45, 7) is 1.40. The lowest BCUT2D eigenvalue weighted by Crippen LogP contribution is -2.24. The van der Waals surface area contributed by atoms with E-state index in [1.807, 2.05) is 0 Å². The van der Waals surface area contributed by atoms with Gasteiger partial charge in [0.15, 0.2) is 0 Å². The van der Waals surface area contributed by atoms with Gasteiger partial charge in [-0.2, -0.15) is 8.42 Å². The van der Waals surface area contributed by atoms with Gasteiger partial charge in [-0.1, -0.05) is 23.7 Å². The van der Waals surface area contributed by atoms with Crippen LogP contribution in [0.5, 0.6) is 0 Å². The summed E-state index contributed by atoms with van der Waals surface area (Å²) in [4.78, 5) is 22.5. The molecule has 0 aliphatic heterocycles. The number of carbonyl (C=O) groups is 1. The molecule has 2 aromatic heterocycles. The van der Waals surface area contributed by atoms with Crippen LogP contribution in [0.2, 0.25) is 5.02 Å². The van der Waals surface area contributed by atoms with Crippen molar-refractivity contribution in [2.45, 2.75) is 37.5 Å². The molecule has 1 aliphatic rings. The van der Waals surface area contributed by atoms with Crippen LogP contribution >= 0.6 is 22.9 Å². The highest BCUT2D eigenvalue weighted by Crippen LogP contribution is 2.36. The average molecular weight is 553 g/mol. The Morgan fingerprint density at radius 3 is 2.83 bits per heavy atom. The molecule has 0 spiro atoms. The summed E-state index contributed by atoms with van der Waals surface area (Å²) in [6.07, 6.45) is 2.59. The first-order valence-corrected chi connectivity index (χ1v) is 13.7. The molecule has 4 rings (SSSR count). The fourth-order valence-electron chi connectivity index (χ4n) is 4.17. The topological polar surface area (TPSA) is 165 Å². The van der Waals surface area contributed by atoms with E-state index in [1.165, 1.54) is 12.5 Å². The Morgan fingerprint density at radius 1 is 1.33 bits per heavy atom. The van der Waals surface area contributed by atoms with Crippen molar-refractivity contribution in [3.8, 4) is 0 Å². The number of nitrogens with two attached hydrogens (primary N) is 1. The van der Waals surface area contributed by atoms with E-state index in [0.717, 1.165) is 11.3 Å². The lowest BCUT2D eigenvalue weighted by atomic mass is 9.94. The van der Waals surface area contributed by atoms with Crippen LogP contribution in [-0.2, 0) is 20.1 Å². The number of hydrogen-bond acceptors (Lipinski definition) is 10. The SMILES string of the molecule is CC(O)(c1cccc(Cl)c1)c1ccc(C(=O)c2cncnc2N[C@@H]2CC(COS(N)(=O)=O)[C@@H](O)C2)s1. The summed E-state index contributed by atoms with van der Waals surface area (Å²) >= 11 is 7.23. The molecule has 10 nitrogen and oxygen atoms in total. The molecule has 36 heavy (non-hydrogen) atoms. The number of ketones is 1. The third-order valence-corrected chi connectivity index (χ3v) is 8.09. The summed E-state index contributed by atoms with van der Waals surface area (Å²) in [5, 5.41) is 30.0. The monoisotopic (exact) mass is 552 g/mol. The Morgan fingerprint density at radius 2 is 2.11 bits per heavy atom. The zero-order chi connectivity index (χ0) is 26.1. The van der Waals surface area contributed by atoms with Crippen molar-refractivity contribution >= 4 is 44.8 Å². The molecule has 0 bridgehead atoms. The predicted molar refractivity (Wildman–Crippen MR) is 135 cm³/mol. The van der Waals surface area contributed by atoms with Gasteiger partial charge >= 0.3 is 10.3 Å². The summed E-state index contributed by atoms with van der Waals surface area (Å²) in [6, 6.07) is 9.95. The number of aliphatic hydroxyl groups excluding tert-OH is 1. The Hall–Kier alpha value is -2.45. The standard InChI is InChI=1S/C23H25ClN4O6S2/c1-23(31,14-3-2-4-15(24)8-14)20-6-5-19(35-20)21(30)17-10-26-12-27-22(17)28-16-7-13(18(29)9-16)11-34-36(25,32)33/h2-6,8,10,12-13,16,18,29,31H,7,9,11H2,1H3,(H2,25,32,33)(H,26,27,28)/t13?,16-,18+,23?/m1/s1. The molecule has 2 heterocycles. The van der Waals surface area contributed by atoms with E-state index in [9.17, 15) is 23.4 Å². The molecule has 192 valence electrons. The first kappa shape index (κ1) is 26.6. The first-order valence-electron chi connectivity index (χ1n) is 11.0. The largest absolute Gasteiger partial charge is 0.393 e. The Labute approximate surface area is 217 Å². The van der Waals surface area contributed by atoms with Gasteiger partial charge in [0, 0.05) is 28.1 Å². The Bertz CT molecular complexity index is 1360. The van der Waals surface area contributed by atoms with E-state index in [2.05, 4.69) is 19.5 Å². The minimum Gasteiger partial charge on any atom is -0.393 e. The van der Waals surface area contributed by atoms with Gasteiger partial charge in [0.25, 0.3) is 0 Å². The quantitative estimate of drug-likeness (QED) is 0.292. The molecule has 1 saturated carbocycles. The molecule has 1 aromatic carbocycles. The number of hydrogen-bond donors (Lipinski definition) is 4. The second kappa shape index (κ2) is 10.5. The maximum absolute atomic E-state index is 13.4. The van der Waals surface area contributed by atoms with E-state index in [-0.39, 0.29) is 29.8 Å². The molecule has 13 heteroatoms. The van der Waals surface area contributed by atoms with E-state index in [4.69, 9.17) is 16.7 Å². The fraction of sp³-hybridized carbons (Fsp3) is 0.348. The van der Waals surface area contributed by atoms with Crippen LogP contribution in [0.15, 0.2) is 48.9 Å².